The molecule has 3 N–H and O–H groups in total. The highest BCUT2D eigenvalue weighted by atomic mass is 16.7. The minimum Gasteiger partial charge on any atom is -0.454 e. The van der Waals surface area contributed by atoms with E-state index in [0.717, 1.165) is 28.1 Å². The minimum atomic E-state index is 0.228. The summed E-state index contributed by atoms with van der Waals surface area (Å²) in [4.78, 5) is 0. The van der Waals surface area contributed by atoms with E-state index >= 15 is 0 Å². The van der Waals surface area contributed by atoms with Gasteiger partial charge in [0.05, 0.1) is 17.3 Å². The number of hydrogen-bond donors (Lipinski definition) is 2. The normalized spacial score (nSPS) is 12.8. The van der Waals surface area contributed by atoms with Crippen LogP contribution in [0.5, 0.6) is 11.5 Å². The fourth-order valence-electron chi connectivity index (χ4n) is 2.40. The van der Waals surface area contributed by atoms with Gasteiger partial charge in [-0.05, 0) is 24.6 Å². The summed E-state index contributed by atoms with van der Waals surface area (Å²) >= 11 is 0. The molecule has 0 unspecified atom stereocenters. The smallest absolute Gasteiger partial charge is 0.231 e. The zero-order valence-electron chi connectivity index (χ0n) is 11.2. The fourth-order valence-corrected chi connectivity index (χ4v) is 2.40. The number of nitrogens with two attached hydrogens (primary N) is 1. The first kappa shape index (κ1) is 11.8. The van der Waals surface area contributed by atoms with Crippen LogP contribution in [-0.2, 0) is 0 Å². The predicted octanol–water partition coefficient (Wildman–Crippen LogP) is 2.35. The SMILES string of the molecule is Cc1[nH]ncc1-c1onc(N)c1-c1ccc2c(c1)OCO2. The van der Waals surface area contributed by atoms with E-state index in [4.69, 9.17) is 19.7 Å². The second-order valence-electron chi connectivity index (χ2n) is 4.75. The molecule has 0 fully saturated rings. The number of nitrogens with one attached hydrogen (secondary N) is 1. The number of H-pyrrole nitrogens is 1. The highest BCUT2D eigenvalue weighted by Gasteiger charge is 2.22. The fraction of sp³-hybridized carbons (Fsp3) is 0.143. The quantitative estimate of drug-likeness (QED) is 0.749. The van der Waals surface area contributed by atoms with Crippen molar-refractivity contribution in [1.29, 1.82) is 0 Å². The largest absolute Gasteiger partial charge is 0.454 e. The number of aromatic nitrogens is 3. The van der Waals surface area contributed by atoms with Crippen LogP contribution in [0.15, 0.2) is 28.9 Å². The zero-order valence-corrected chi connectivity index (χ0v) is 11.2. The van der Waals surface area contributed by atoms with Crippen LogP contribution in [0.2, 0.25) is 0 Å². The summed E-state index contributed by atoms with van der Waals surface area (Å²) in [5, 5.41) is 10.7. The van der Waals surface area contributed by atoms with Gasteiger partial charge in [0.15, 0.2) is 23.1 Å². The molecular weight excluding hydrogens is 272 g/mol. The van der Waals surface area contributed by atoms with Gasteiger partial charge in [0.1, 0.15) is 0 Å². The molecule has 1 aliphatic heterocycles. The molecule has 0 bridgehead atoms. The van der Waals surface area contributed by atoms with E-state index in [9.17, 15) is 0 Å². The predicted molar refractivity (Wildman–Crippen MR) is 74.8 cm³/mol. The zero-order chi connectivity index (χ0) is 14.4. The molecule has 7 heteroatoms. The number of hydrogen-bond acceptors (Lipinski definition) is 6. The second-order valence-corrected chi connectivity index (χ2v) is 4.75. The summed E-state index contributed by atoms with van der Waals surface area (Å²) in [6.07, 6.45) is 1.69. The molecule has 0 saturated heterocycles. The summed E-state index contributed by atoms with van der Waals surface area (Å²) in [5.74, 6) is 2.31. The van der Waals surface area contributed by atoms with Crippen LogP contribution in [0.4, 0.5) is 5.82 Å². The Labute approximate surface area is 119 Å². The highest BCUT2D eigenvalue weighted by Crippen LogP contribution is 2.41. The number of nitrogen functional groups attached to an aromatic ring is 1. The summed E-state index contributed by atoms with van der Waals surface area (Å²) in [7, 11) is 0. The summed E-state index contributed by atoms with van der Waals surface area (Å²) in [6.45, 7) is 2.13. The average molecular weight is 284 g/mol. The van der Waals surface area contributed by atoms with E-state index in [0.29, 0.717) is 17.3 Å². The second kappa shape index (κ2) is 4.27. The number of rotatable bonds is 2. The Bertz CT molecular complexity index is 821. The van der Waals surface area contributed by atoms with Gasteiger partial charge in [-0.3, -0.25) is 5.10 Å². The van der Waals surface area contributed by atoms with Crippen molar-refractivity contribution in [3.05, 3.63) is 30.1 Å². The Morgan fingerprint density at radius 2 is 2.10 bits per heavy atom. The van der Waals surface area contributed by atoms with Gasteiger partial charge in [-0.2, -0.15) is 5.10 Å². The molecule has 0 aliphatic carbocycles. The third kappa shape index (κ3) is 1.74. The first-order chi connectivity index (χ1) is 10.2. The number of ether oxygens (including phenoxy) is 2. The summed E-state index contributed by atoms with van der Waals surface area (Å²) in [6, 6.07) is 5.61. The van der Waals surface area contributed by atoms with Crippen LogP contribution < -0.4 is 15.2 Å². The molecule has 4 rings (SSSR count). The first-order valence-corrected chi connectivity index (χ1v) is 6.39. The molecule has 0 amide bonds. The Kier molecular flexibility index (Phi) is 2.41. The Morgan fingerprint density at radius 1 is 1.24 bits per heavy atom. The van der Waals surface area contributed by atoms with Gasteiger partial charge in [-0.25, -0.2) is 0 Å². The maximum absolute atomic E-state index is 5.97. The third-order valence-corrected chi connectivity index (χ3v) is 3.45. The molecule has 3 heterocycles. The van der Waals surface area contributed by atoms with Gasteiger partial charge in [-0.15, -0.1) is 0 Å². The van der Waals surface area contributed by atoms with E-state index in [-0.39, 0.29) is 6.79 Å². The van der Waals surface area contributed by atoms with Crippen molar-refractivity contribution in [1.82, 2.24) is 15.4 Å². The number of aromatic amines is 1. The molecule has 106 valence electrons. The van der Waals surface area contributed by atoms with Crippen molar-refractivity contribution in [3.63, 3.8) is 0 Å². The van der Waals surface area contributed by atoms with Crippen LogP contribution in [0, 0.1) is 6.92 Å². The molecule has 0 spiro atoms. The van der Waals surface area contributed by atoms with E-state index < -0.39 is 0 Å². The van der Waals surface area contributed by atoms with Gasteiger partial charge >= 0.3 is 0 Å². The average Bonchev–Trinajstić information content (AvgIpc) is 3.17. The monoisotopic (exact) mass is 284 g/mol. The van der Waals surface area contributed by atoms with Gasteiger partial charge in [0.25, 0.3) is 0 Å². The van der Waals surface area contributed by atoms with Crippen molar-refractivity contribution in [2.24, 2.45) is 0 Å². The lowest BCUT2D eigenvalue weighted by molar-refractivity contribution is 0.174. The van der Waals surface area contributed by atoms with Crippen molar-refractivity contribution < 1.29 is 14.0 Å². The Morgan fingerprint density at radius 3 is 2.90 bits per heavy atom. The molecule has 2 aromatic heterocycles. The number of nitrogens with zero attached hydrogens (tertiary/aromatic N) is 2. The Hall–Kier alpha value is -2.96. The lowest BCUT2D eigenvalue weighted by atomic mass is 10.0. The van der Waals surface area contributed by atoms with Gasteiger partial charge in [-0.1, -0.05) is 11.2 Å². The van der Waals surface area contributed by atoms with Gasteiger partial charge in [0.2, 0.25) is 6.79 Å². The van der Waals surface area contributed by atoms with Crippen molar-refractivity contribution in [2.45, 2.75) is 6.92 Å². The highest BCUT2D eigenvalue weighted by molar-refractivity contribution is 5.87. The molecule has 3 aromatic rings. The standard InChI is InChI=1S/C14H12N4O3/c1-7-9(5-16-17-7)13-12(14(15)18-21-13)8-2-3-10-11(4-8)20-6-19-10/h2-5H,6H2,1H3,(H2,15,18)(H,16,17). The number of aryl methyl sites for hydroxylation is 1. The first-order valence-electron chi connectivity index (χ1n) is 6.39. The minimum absolute atomic E-state index is 0.228. The van der Waals surface area contributed by atoms with E-state index in [2.05, 4.69) is 15.4 Å². The summed E-state index contributed by atoms with van der Waals surface area (Å²) in [5.41, 5.74) is 9.25. The molecule has 1 aromatic carbocycles. The van der Waals surface area contributed by atoms with Crippen LogP contribution in [0.1, 0.15) is 5.69 Å². The number of fused-ring (bicyclic) bond motifs is 1. The van der Waals surface area contributed by atoms with Crippen LogP contribution >= 0.6 is 0 Å². The lowest BCUT2D eigenvalue weighted by Crippen LogP contribution is -1.93. The van der Waals surface area contributed by atoms with E-state index in [1.807, 2.05) is 25.1 Å². The van der Waals surface area contributed by atoms with Gasteiger partial charge < -0.3 is 19.7 Å². The van der Waals surface area contributed by atoms with Crippen molar-refractivity contribution in [2.75, 3.05) is 12.5 Å². The van der Waals surface area contributed by atoms with E-state index in [1.54, 1.807) is 6.20 Å². The molecule has 0 saturated carbocycles. The van der Waals surface area contributed by atoms with Crippen LogP contribution in [0.25, 0.3) is 22.5 Å². The van der Waals surface area contributed by atoms with Crippen molar-refractivity contribution in [3.8, 4) is 33.9 Å². The molecule has 7 nitrogen and oxygen atoms in total. The number of benzene rings is 1. The maximum atomic E-state index is 5.97. The molecule has 0 radical (unpaired) electrons. The molecule has 0 atom stereocenters. The molecular formula is C14H12N4O3. The lowest BCUT2D eigenvalue weighted by Gasteiger charge is -2.03. The maximum Gasteiger partial charge on any atom is 0.231 e. The summed E-state index contributed by atoms with van der Waals surface area (Å²) < 4.78 is 16.1. The van der Waals surface area contributed by atoms with Crippen molar-refractivity contribution >= 4 is 5.82 Å². The Balaban J connectivity index is 1.89. The van der Waals surface area contributed by atoms with Gasteiger partial charge in [0, 0.05) is 5.69 Å². The third-order valence-electron chi connectivity index (χ3n) is 3.45. The topological polar surface area (TPSA) is 99.2 Å². The van der Waals surface area contributed by atoms with Crippen LogP contribution in [0.3, 0.4) is 0 Å². The van der Waals surface area contributed by atoms with E-state index in [1.165, 1.54) is 0 Å². The molecule has 21 heavy (non-hydrogen) atoms. The van der Waals surface area contributed by atoms with Crippen LogP contribution in [-0.4, -0.2) is 22.1 Å². The number of anilines is 1. The molecule has 1 aliphatic rings.